The molecule has 0 saturated carbocycles. The SMILES string of the molecule is CCCc1ccc(S(=O)(=O)N2CCN(CN3C(=O)[C@H](C)N(c4ccc(C)cc4)C3=O)CC2)cc1. The van der Waals surface area contributed by atoms with E-state index in [-0.39, 0.29) is 18.6 Å². The zero-order valence-corrected chi connectivity index (χ0v) is 20.8. The van der Waals surface area contributed by atoms with Crippen molar-refractivity contribution in [3.63, 3.8) is 0 Å². The van der Waals surface area contributed by atoms with Crippen molar-refractivity contribution in [3.05, 3.63) is 59.7 Å². The monoisotopic (exact) mass is 484 g/mol. The van der Waals surface area contributed by atoms with Gasteiger partial charge >= 0.3 is 6.03 Å². The number of sulfonamides is 1. The smallest absolute Gasteiger partial charge is 0.283 e. The Hall–Kier alpha value is -2.75. The molecule has 1 atom stereocenters. The first kappa shape index (κ1) is 24.4. The fourth-order valence-corrected chi connectivity index (χ4v) is 5.89. The quantitative estimate of drug-likeness (QED) is 0.564. The summed E-state index contributed by atoms with van der Waals surface area (Å²) in [5, 5.41) is 0. The minimum absolute atomic E-state index is 0.157. The molecule has 3 amide bonds. The molecule has 9 heteroatoms. The molecule has 0 radical (unpaired) electrons. The standard InChI is InChI=1S/C25H32N4O4S/c1-4-5-21-8-12-23(13-9-21)34(32,33)27-16-14-26(15-17-27)18-28-24(30)20(3)29(25(28)31)22-10-6-19(2)7-11-22/h6-13,20H,4-5,14-18H2,1-3H3/t20-/m0/s1. The van der Waals surface area contributed by atoms with Gasteiger partial charge in [0.25, 0.3) is 5.91 Å². The molecule has 2 heterocycles. The van der Waals surface area contributed by atoms with E-state index in [4.69, 9.17) is 0 Å². The number of benzene rings is 2. The lowest BCUT2D eigenvalue weighted by Gasteiger charge is -2.35. The second-order valence-corrected chi connectivity index (χ2v) is 10.9. The lowest BCUT2D eigenvalue weighted by Crippen LogP contribution is -2.52. The van der Waals surface area contributed by atoms with E-state index in [0.29, 0.717) is 36.8 Å². The summed E-state index contributed by atoms with van der Waals surface area (Å²) in [7, 11) is -3.57. The normalized spacial score (nSPS) is 20.4. The molecular formula is C25H32N4O4S. The number of hydrogen-bond donors (Lipinski definition) is 0. The number of amides is 3. The van der Waals surface area contributed by atoms with Crippen molar-refractivity contribution < 1.29 is 18.0 Å². The molecule has 0 aromatic heterocycles. The second-order valence-electron chi connectivity index (χ2n) is 8.99. The van der Waals surface area contributed by atoms with Crippen LogP contribution in [-0.4, -0.2) is 73.4 Å². The van der Waals surface area contributed by atoms with E-state index in [9.17, 15) is 18.0 Å². The van der Waals surface area contributed by atoms with Crippen LogP contribution in [-0.2, 0) is 21.2 Å². The molecule has 2 aromatic rings. The number of nitrogens with zero attached hydrogens (tertiary/aromatic N) is 4. The van der Waals surface area contributed by atoms with E-state index in [1.807, 2.05) is 48.2 Å². The molecule has 0 unspecified atom stereocenters. The summed E-state index contributed by atoms with van der Waals surface area (Å²) >= 11 is 0. The molecule has 8 nitrogen and oxygen atoms in total. The highest BCUT2D eigenvalue weighted by atomic mass is 32.2. The van der Waals surface area contributed by atoms with Gasteiger partial charge in [0.05, 0.1) is 11.6 Å². The van der Waals surface area contributed by atoms with Crippen LogP contribution in [0.2, 0.25) is 0 Å². The number of piperazine rings is 1. The van der Waals surface area contributed by atoms with Crippen LogP contribution in [0.5, 0.6) is 0 Å². The Morgan fingerprint density at radius 3 is 2.12 bits per heavy atom. The van der Waals surface area contributed by atoms with Gasteiger partial charge in [-0.05, 0) is 50.1 Å². The lowest BCUT2D eigenvalue weighted by molar-refractivity contribution is -0.128. The lowest BCUT2D eigenvalue weighted by atomic mass is 10.1. The summed E-state index contributed by atoms with van der Waals surface area (Å²) in [5.41, 5.74) is 2.90. The van der Waals surface area contributed by atoms with Crippen molar-refractivity contribution in [1.82, 2.24) is 14.1 Å². The molecule has 2 saturated heterocycles. The molecule has 0 bridgehead atoms. The first-order chi connectivity index (χ1) is 16.2. The van der Waals surface area contributed by atoms with Crippen molar-refractivity contribution in [3.8, 4) is 0 Å². The molecule has 182 valence electrons. The van der Waals surface area contributed by atoms with Gasteiger partial charge in [-0.1, -0.05) is 43.2 Å². The molecule has 2 fully saturated rings. The average Bonchev–Trinajstić information content (AvgIpc) is 3.04. The highest BCUT2D eigenvalue weighted by molar-refractivity contribution is 7.89. The van der Waals surface area contributed by atoms with E-state index in [0.717, 1.165) is 24.0 Å². The predicted octanol–water partition coefficient (Wildman–Crippen LogP) is 3.07. The number of rotatable bonds is 7. The molecule has 4 rings (SSSR count). The van der Waals surface area contributed by atoms with E-state index < -0.39 is 16.1 Å². The third kappa shape index (κ3) is 4.73. The first-order valence-electron chi connectivity index (χ1n) is 11.7. The van der Waals surface area contributed by atoms with E-state index >= 15 is 0 Å². The minimum atomic E-state index is -3.57. The van der Waals surface area contributed by atoms with Gasteiger partial charge in [0.1, 0.15) is 6.04 Å². The van der Waals surface area contributed by atoms with Gasteiger partial charge in [-0.15, -0.1) is 0 Å². The Morgan fingerprint density at radius 1 is 0.912 bits per heavy atom. The minimum Gasteiger partial charge on any atom is -0.283 e. The number of urea groups is 1. The summed E-state index contributed by atoms with van der Waals surface area (Å²) in [5.74, 6) is -0.243. The van der Waals surface area contributed by atoms with Gasteiger partial charge in [0.15, 0.2) is 0 Å². The topological polar surface area (TPSA) is 81.2 Å². The van der Waals surface area contributed by atoms with Crippen LogP contribution in [0.4, 0.5) is 10.5 Å². The van der Waals surface area contributed by atoms with Crippen molar-refractivity contribution in [2.75, 3.05) is 37.7 Å². The van der Waals surface area contributed by atoms with Gasteiger partial charge in [0, 0.05) is 31.9 Å². The largest absolute Gasteiger partial charge is 0.333 e. The van der Waals surface area contributed by atoms with Gasteiger partial charge in [-0.25, -0.2) is 18.1 Å². The third-order valence-electron chi connectivity index (χ3n) is 6.53. The maximum absolute atomic E-state index is 13.1. The van der Waals surface area contributed by atoms with Crippen LogP contribution in [0.1, 0.15) is 31.4 Å². The van der Waals surface area contributed by atoms with E-state index in [1.54, 1.807) is 19.1 Å². The maximum Gasteiger partial charge on any atom is 0.333 e. The average molecular weight is 485 g/mol. The first-order valence-corrected chi connectivity index (χ1v) is 13.2. The Balaban J connectivity index is 1.38. The molecule has 2 aliphatic heterocycles. The predicted molar refractivity (Wildman–Crippen MR) is 131 cm³/mol. The Labute approximate surface area is 201 Å². The van der Waals surface area contributed by atoms with Gasteiger partial charge in [-0.2, -0.15) is 4.31 Å². The molecule has 0 spiro atoms. The summed E-state index contributed by atoms with van der Waals surface area (Å²) in [4.78, 5) is 31.0. The number of carbonyl (C=O) groups excluding carboxylic acids is 2. The van der Waals surface area contributed by atoms with Crippen LogP contribution in [0, 0.1) is 6.92 Å². The van der Waals surface area contributed by atoms with E-state index in [2.05, 4.69) is 6.92 Å². The number of hydrogen-bond acceptors (Lipinski definition) is 5. The zero-order chi connectivity index (χ0) is 24.5. The molecule has 34 heavy (non-hydrogen) atoms. The number of imide groups is 1. The molecule has 2 aliphatic rings. The van der Waals surface area contributed by atoms with Crippen LogP contribution in [0.15, 0.2) is 53.4 Å². The van der Waals surface area contributed by atoms with Crippen molar-refractivity contribution in [2.24, 2.45) is 0 Å². The van der Waals surface area contributed by atoms with Crippen molar-refractivity contribution in [2.45, 2.75) is 44.6 Å². The highest BCUT2D eigenvalue weighted by Gasteiger charge is 2.44. The van der Waals surface area contributed by atoms with Crippen LogP contribution < -0.4 is 4.90 Å². The van der Waals surface area contributed by atoms with Crippen molar-refractivity contribution in [1.29, 1.82) is 0 Å². The summed E-state index contributed by atoms with van der Waals surface area (Å²) in [6.07, 6.45) is 1.94. The van der Waals surface area contributed by atoms with Crippen molar-refractivity contribution >= 4 is 27.6 Å². The Morgan fingerprint density at radius 2 is 1.53 bits per heavy atom. The summed E-state index contributed by atoms with van der Waals surface area (Å²) in [6, 6.07) is 13.7. The van der Waals surface area contributed by atoms with Gasteiger partial charge in [0.2, 0.25) is 10.0 Å². The van der Waals surface area contributed by atoms with Crippen LogP contribution >= 0.6 is 0 Å². The molecule has 0 N–H and O–H groups in total. The zero-order valence-electron chi connectivity index (χ0n) is 20.0. The van der Waals surface area contributed by atoms with Crippen LogP contribution in [0.3, 0.4) is 0 Å². The van der Waals surface area contributed by atoms with Crippen LogP contribution in [0.25, 0.3) is 0 Å². The van der Waals surface area contributed by atoms with Gasteiger partial charge in [-0.3, -0.25) is 14.6 Å². The fraction of sp³-hybridized carbons (Fsp3) is 0.440. The summed E-state index contributed by atoms with van der Waals surface area (Å²) in [6.45, 7) is 7.47. The second kappa shape index (κ2) is 9.85. The van der Waals surface area contributed by atoms with Gasteiger partial charge < -0.3 is 0 Å². The number of anilines is 1. The number of aryl methyl sites for hydroxylation is 2. The fourth-order valence-electron chi connectivity index (χ4n) is 4.47. The third-order valence-corrected chi connectivity index (χ3v) is 8.45. The molecule has 2 aromatic carbocycles. The molecular weight excluding hydrogens is 452 g/mol. The highest BCUT2D eigenvalue weighted by Crippen LogP contribution is 2.27. The summed E-state index contributed by atoms with van der Waals surface area (Å²) < 4.78 is 27.6. The van der Waals surface area contributed by atoms with E-state index in [1.165, 1.54) is 14.1 Å². The maximum atomic E-state index is 13.1. The Kier molecular flexibility index (Phi) is 7.06. The molecule has 0 aliphatic carbocycles. The Bertz CT molecular complexity index is 1140. The number of carbonyl (C=O) groups is 2.